The Labute approximate surface area is 246 Å². The van der Waals surface area contributed by atoms with E-state index in [-0.39, 0.29) is 6.04 Å². The molecule has 0 saturated heterocycles. The zero-order valence-electron chi connectivity index (χ0n) is 24.6. The quantitative estimate of drug-likeness (QED) is 0.243. The van der Waals surface area contributed by atoms with Crippen LogP contribution >= 0.6 is 0 Å². The maximum Gasteiger partial charge on any atom is 0.222 e. The molecule has 0 fully saturated rings. The summed E-state index contributed by atoms with van der Waals surface area (Å²) in [5, 5.41) is 4.94. The van der Waals surface area contributed by atoms with Gasteiger partial charge in [-0.3, -0.25) is 9.67 Å². The molecule has 9 heteroatoms. The molecule has 9 nitrogen and oxygen atoms in total. The van der Waals surface area contributed by atoms with E-state index in [9.17, 15) is 0 Å². The second-order valence-electron chi connectivity index (χ2n) is 10.8. The molecule has 0 unspecified atom stereocenters. The Balaban J connectivity index is 1.60. The highest BCUT2D eigenvalue weighted by molar-refractivity contribution is 5.93. The highest BCUT2D eigenvalue weighted by Crippen LogP contribution is 2.38. The molecule has 0 atom stereocenters. The SMILES string of the molecule is COc1ccc(CN2Cc3ncccc3OCCCCOc3ncccc3-c3cc2c2c(n3)c(C)nn2C(C)C)cc1. The van der Waals surface area contributed by atoms with E-state index in [2.05, 4.69) is 46.6 Å². The van der Waals surface area contributed by atoms with Gasteiger partial charge < -0.3 is 19.1 Å². The minimum absolute atomic E-state index is 0.135. The summed E-state index contributed by atoms with van der Waals surface area (Å²) >= 11 is 0. The number of hydrogen-bond acceptors (Lipinski definition) is 8. The standard InChI is InChI=1S/C33H36N6O3/c1-22(2)39-32-29-19-27(36-31(32)23(3)37-39)26-9-7-16-35-33(26)42-18-6-5-17-41-30-10-8-15-34-28(30)21-38(29)20-24-11-13-25(40-4)14-12-24/h7-16,19,22H,5-6,17-18,20-21H2,1-4H3. The van der Waals surface area contributed by atoms with Crippen molar-refractivity contribution in [1.82, 2.24) is 24.7 Å². The van der Waals surface area contributed by atoms with Crippen molar-refractivity contribution in [2.24, 2.45) is 0 Å². The average Bonchev–Trinajstić information content (AvgIpc) is 3.35. The smallest absolute Gasteiger partial charge is 0.222 e. The molecule has 216 valence electrons. The number of rotatable bonds is 4. The molecule has 5 aromatic rings. The number of nitrogens with zero attached hydrogens (tertiary/aromatic N) is 6. The first-order chi connectivity index (χ1) is 20.5. The number of ether oxygens (including phenoxy) is 3. The zero-order valence-corrected chi connectivity index (χ0v) is 24.6. The summed E-state index contributed by atoms with van der Waals surface area (Å²) in [5.41, 5.74) is 7.36. The van der Waals surface area contributed by atoms with Gasteiger partial charge in [0.15, 0.2) is 0 Å². The van der Waals surface area contributed by atoms with Gasteiger partial charge >= 0.3 is 0 Å². The van der Waals surface area contributed by atoms with Crippen LogP contribution in [0.1, 0.15) is 49.7 Å². The van der Waals surface area contributed by atoms with Crippen molar-refractivity contribution in [2.75, 3.05) is 25.2 Å². The molecule has 1 aromatic carbocycles. The number of hydrogen-bond donors (Lipinski definition) is 0. The van der Waals surface area contributed by atoms with Gasteiger partial charge in [-0.05, 0) is 81.6 Å². The van der Waals surface area contributed by atoms with Crippen LogP contribution < -0.4 is 19.1 Å². The Morgan fingerprint density at radius 1 is 0.952 bits per heavy atom. The lowest BCUT2D eigenvalue weighted by atomic mass is 10.1. The number of aromatic nitrogens is 5. The first kappa shape index (κ1) is 27.5. The lowest BCUT2D eigenvalue weighted by Crippen LogP contribution is -2.24. The van der Waals surface area contributed by atoms with Crippen LogP contribution in [-0.2, 0) is 13.1 Å². The van der Waals surface area contributed by atoms with Gasteiger partial charge in [0.05, 0.1) is 49.5 Å². The maximum absolute atomic E-state index is 6.26. The molecule has 0 saturated carbocycles. The third-order valence-corrected chi connectivity index (χ3v) is 7.44. The van der Waals surface area contributed by atoms with Crippen molar-refractivity contribution in [3.8, 4) is 28.6 Å². The van der Waals surface area contributed by atoms with E-state index in [0.29, 0.717) is 32.2 Å². The molecule has 0 amide bonds. The zero-order chi connectivity index (χ0) is 29.1. The summed E-state index contributed by atoms with van der Waals surface area (Å²) in [6, 6.07) is 18.3. The average molecular weight is 565 g/mol. The van der Waals surface area contributed by atoms with Crippen LogP contribution in [0.15, 0.2) is 67.0 Å². The van der Waals surface area contributed by atoms with Gasteiger partial charge in [-0.15, -0.1) is 0 Å². The van der Waals surface area contributed by atoms with Crippen LogP contribution in [0.5, 0.6) is 17.4 Å². The Kier molecular flexibility index (Phi) is 7.90. The minimum atomic E-state index is 0.135. The van der Waals surface area contributed by atoms with E-state index in [1.807, 2.05) is 49.5 Å². The van der Waals surface area contributed by atoms with E-state index in [0.717, 1.165) is 69.3 Å². The Morgan fingerprint density at radius 2 is 1.71 bits per heavy atom. The van der Waals surface area contributed by atoms with Gasteiger partial charge in [-0.25, -0.2) is 9.97 Å². The van der Waals surface area contributed by atoms with Gasteiger partial charge in [-0.1, -0.05) is 12.1 Å². The number of fused-ring (bicyclic) bond motifs is 7. The van der Waals surface area contributed by atoms with E-state index in [1.54, 1.807) is 13.3 Å². The summed E-state index contributed by atoms with van der Waals surface area (Å²) < 4.78 is 20.0. The molecule has 0 radical (unpaired) electrons. The van der Waals surface area contributed by atoms with Crippen LogP contribution in [0.2, 0.25) is 0 Å². The van der Waals surface area contributed by atoms with Crippen molar-refractivity contribution >= 4 is 16.7 Å². The van der Waals surface area contributed by atoms with Gasteiger partial charge in [0, 0.05) is 25.0 Å². The van der Waals surface area contributed by atoms with Gasteiger partial charge in [-0.2, -0.15) is 5.10 Å². The molecular formula is C33H36N6O3. The molecule has 0 spiro atoms. The van der Waals surface area contributed by atoms with Crippen LogP contribution in [-0.4, -0.2) is 45.1 Å². The third kappa shape index (κ3) is 5.59. The van der Waals surface area contributed by atoms with Crippen LogP contribution in [0.4, 0.5) is 5.69 Å². The number of benzene rings is 1. The van der Waals surface area contributed by atoms with E-state index >= 15 is 0 Å². The fourth-order valence-corrected chi connectivity index (χ4v) is 5.30. The molecule has 5 heterocycles. The van der Waals surface area contributed by atoms with Crippen molar-refractivity contribution < 1.29 is 14.2 Å². The molecule has 1 aliphatic heterocycles. The normalized spacial score (nSPS) is 13.9. The third-order valence-electron chi connectivity index (χ3n) is 7.44. The number of anilines is 1. The molecule has 2 bridgehead atoms. The topological polar surface area (TPSA) is 87.4 Å². The molecule has 1 aliphatic rings. The van der Waals surface area contributed by atoms with Gasteiger partial charge in [0.1, 0.15) is 28.2 Å². The summed E-state index contributed by atoms with van der Waals surface area (Å²) in [6.45, 7) is 8.57. The molecule has 4 aromatic heterocycles. The van der Waals surface area contributed by atoms with Crippen molar-refractivity contribution in [2.45, 2.75) is 52.7 Å². The van der Waals surface area contributed by atoms with Gasteiger partial charge in [0.25, 0.3) is 0 Å². The van der Waals surface area contributed by atoms with Crippen LogP contribution in [0.25, 0.3) is 22.3 Å². The fourth-order valence-electron chi connectivity index (χ4n) is 5.30. The van der Waals surface area contributed by atoms with Crippen LogP contribution in [0.3, 0.4) is 0 Å². The molecule has 42 heavy (non-hydrogen) atoms. The van der Waals surface area contributed by atoms with Crippen LogP contribution in [0, 0.1) is 6.92 Å². The lowest BCUT2D eigenvalue weighted by molar-refractivity contribution is 0.260. The maximum atomic E-state index is 6.26. The van der Waals surface area contributed by atoms with E-state index < -0.39 is 0 Å². The minimum Gasteiger partial charge on any atom is -0.497 e. The Hall–Kier alpha value is -4.66. The molecular weight excluding hydrogens is 528 g/mol. The number of aryl methyl sites for hydroxylation is 1. The predicted molar refractivity (Wildman–Crippen MR) is 163 cm³/mol. The summed E-state index contributed by atoms with van der Waals surface area (Å²) in [4.78, 5) is 16.9. The first-order valence-corrected chi connectivity index (χ1v) is 14.4. The largest absolute Gasteiger partial charge is 0.497 e. The van der Waals surface area contributed by atoms with Crippen molar-refractivity contribution in [3.63, 3.8) is 0 Å². The van der Waals surface area contributed by atoms with Crippen molar-refractivity contribution in [3.05, 3.63) is 83.9 Å². The second kappa shape index (κ2) is 12.1. The number of methoxy groups -OCH3 is 1. The summed E-state index contributed by atoms with van der Waals surface area (Å²) in [6.07, 6.45) is 5.28. The fraction of sp³-hybridized carbons (Fsp3) is 0.333. The number of pyridine rings is 3. The van der Waals surface area contributed by atoms with E-state index in [4.69, 9.17) is 29.3 Å². The predicted octanol–water partition coefficient (Wildman–Crippen LogP) is 6.54. The second-order valence-corrected chi connectivity index (χ2v) is 10.8. The Morgan fingerprint density at radius 3 is 2.50 bits per heavy atom. The highest BCUT2D eigenvalue weighted by atomic mass is 16.5. The molecule has 0 N–H and O–H groups in total. The summed E-state index contributed by atoms with van der Waals surface area (Å²) in [5.74, 6) is 2.19. The molecule has 6 rings (SSSR count). The Bertz CT molecular complexity index is 1680. The lowest BCUT2D eigenvalue weighted by Gasteiger charge is -2.27. The molecule has 0 aliphatic carbocycles. The van der Waals surface area contributed by atoms with Crippen molar-refractivity contribution in [1.29, 1.82) is 0 Å². The van der Waals surface area contributed by atoms with E-state index in [1.165, 1.54) is 0 Å². The first-order valence-electron chi connectivity index (χ1n) is 14.4. The monoisotopic (exact) mass is 564 g/mol. The summed E-state index contributed by atoms with van der Waals surface area (Å²) in [7, 11) is 1.68. The van der Waals surface area contributed by atoms with Gasteiger partial charge in [0.2, 0.25) is 5.88 Å². The highest BCUT2D eigenvalue weighted by Gasteiger charge is 2.24.